The molecule has 0 saturated carbocycles. The Balaban J connectivity index is 1.83. The normalized spacial score (nSPS) is 17.2. The molecule has 2 heterocycles. The number of hydrogen-bond donors (Lipinski definition) is 0. The van der Waals surface area contributed by atoms with Crippen molar-refractivity contribution < 1.29 is 22.5 Å². The van der Waals surface area contributed by atoms with Gasteiger partial charge in [0, 0.05) is 11.7 Å². The number of nitrogens with zero attached hydrogens (tertiary/aromatic N) is 2. The predicted octanol–water partition coefficient (Wildman–Crippen LogP) is 6.04. The molecule has 1 fully saturated rings. The van der Waals surface area contributed by atoms with Gasteiger partial charge in [0.2, 0.25) is 0 Å². The van der Waals surface area contributed by atoms with Gasteiger partial charge in [0.1, 0.15) is 5.54 Å². The largest absolute Gasteiger partial charge is 0.498 e. The second kappa shape index (κ2) is 8.89. The number of hydrogen-bond acceptors (Lipinski definition) is 3. The van der Waals surface area contributed by atoms with E-state index >= 15 is 0 Å². The van der Waals surface area contributed by atoms with E-state index in [0.717, 1.165) is 16.7 Å². The van der Waals surface area contributed by atoms with Crippen molar-refractivity contribution in [3.63, 3.8) is 0 Å². The first kappa shape index (κ1) is 25.3. The van der Waals surface area contributed by atoms with Crippen LogP contribution in [0.15, 0.2) is 97.2 Å². The van der Waals surface area contributed by atoms with Crippen LogP contribution in [0.3, 0.4) is 0 Å². The molecule has 5 rings (SSSR count). The highest BCUT2D eigenvalue weighted by Gasteiger charge is 2.55. The second-order valence-electron chi connectivity index (χ2n) is 10.3. The van der Waals surface area contributed by atoms with Crippen molar-refractivity contribution in [1.82, 2.24) is 9.78 Å². The fourth-order valence-electron chi connectivity index (χ4n) is 4.86. The molecule has 0 spiro atoms. The van der Waals surface area contributed by atoms with Crippen LogP contribution in [0.25, 0.3) is 0 Å². The summed E-state index contributed by atoms with van der Waals surface area (Å²) < 4.78 is 57.0. The van der Waals surface area contributed by atoms with Crippen LogP contribution in [0.1, 0.15) is 50.1 Å². The van der Waals surface area contributed by atoms with E-state index in [4.69, 9.17) is 9.31 Å². The Morgan fingerprint density at radius 3 is 1.41 bits per heavy atom. The van der Waals surface area contributed by atoms with Crippen LogP contribution in [0.5, 0.6) is 0 Å². The van der Waals surface area contributed by atoms with Crippen molar-refractivity contribution in [1.29, 1.82) is 0 Å². The Bertz CT molecular complexity index is 1260. The van der Waals surface area contributed by atoms with Crippen LogP contribution in [0, 0.1) is 0 Å². The summed E-state index contributed by atoms with van der Waals surface area (Å²) in [6.45, 7) is 7.25. The molecule has 0 bridgehead atoms. The lowest BCUT2D eigenvalue weighted by Crippen LogP contribution is -2.41. The lowest BCUT2D eigenvalue weighted by atomic mass is 9.76. The maximum Gasteiger partial charge on any atom is 0.498 e. The molecule has 0 amide bonds. The minimum Gasteiger partial charge on any atom is -0.399 e. The Kier molecular flexibility index (Phi) is 6.08. The molecular weight excluding hydrogens is 476 g/mol. The van der Waals surface area contributed by atoms with E-state index in [-0.39, 0.29) is 5.46 Å². The molecular formula is C29H28BF3N2O2. The quantitative estimate of drug-likeness (QED) is 0.246. The maximum atomic E-state index is 14.5. The Labute approximate surface area is 215 Å². The minimum atomic E-state index is -4.72. The van der Waals surface area contributed by atoms with Crippen LogP contribution >= 0.6 is 0 Å². The highest BCUT2D eigenvalue weighted by Crippen LogP contribution is 2.42. The first-order valence-electron chi connectivity index (χ1n) is 12.2. The number of rotatable bonds is 5. The summed E-state index contributed by atoms with van der Waals surface area (Å²) in [6, 6.07) is 28.3. The van der Waals surface area contributed by atoms with Crippen molar-refractivity contribution in [3.05, 3.63) is 120 Å². The average molecular weight is 504 g/mol. The average Bonchev–Trinajstić information content (AvgIpc) is 3.41. The zero-order chi connectivity index (χ0) is 26.5. The summed E-state index contributed by atoms with van der Waals surface area (Å²) in [6.07, 6.45) is -3.29. The van der Waals surface area contributed by atoms with Crippen molar-refractivity contribution >= 4 is 12.6 Å². The summed E-state index contributed by atoms with van der Waals surface area (Å²) >= 11 is 0. The third kappa shape index (κ3) is 4.18. The van der Waals surface area contributed by atoms with E-state index < -0.39 is 35.7 Å². The fraction of sp³-hybridized carbons (Fsp3) is 0.276. The van der Waals surface area contributed by atoms with Gasteiger partial charge >= 0.3 is 13.3 Å². The van der Waals surface area contributed by atoms with Gasteiger partial charge in [0.05, 0.1) is 11.2 Å². The smallest absolute Gasteiger partial charge is 0.399 e. The Morgan fingerprint density at radius 2 is 1.05 bits per heavy atom. The number of halogens is 3. The van der Waals surface area contributed by atoms with Crippen molar-refractivity contribution in [3.8, 4) is 0 Å². The zero-order valence-electron chi connectivity index (χ0n) is 21.2. The van der Waals surface area contributed by atoms with Gasteiger partial charge in [0.15, 0.2) is 5.69 Å². The third-order valence-electron chi connectivity index (χ3n) is 7.44. The minimum absolute atomic E-state index is 0.154. The van der Waals surface area contributed by atoms with Gasteiger partial charge in [-0.25, -0.2) is 0 Å². The molecule has 3 aromatic carbocycles. The van der Waals surface area contributed by atoms with Crippen LogP contribution in [0.2, 0.25) is 0 Å². The van der Waals surface area contributed by atoms with Gasteiger partial charge < -0.3 is 9.31 Å². The molecule has 0 radical (unpaired) electrons. The highest BCUT2D eigenvalue weighted by molar-refractivity contribution is 6.62. The molecule has 8 heteroatoms. The van der Waals surface area contributed by atoms with E-state index in [1.165, 1.54) is 10.9 Å². The van der Waals surface area contributed by atoms with E-state index in [1.807, 2.05) is 119 Å². The van der Waals surface area contributed by atoms with E-state index in [9.17, 15) is 13.2 Å². The molecule has 1 aliphatic rings. The molecule has 0 unspecified atom stereocenters. The molecule has 1 aliphatic heterocycles. The van der Waals surface area contributed by atoms with Crippen LogP contribution in [-0.4, -0.2) is 28.1 Å². The molecule has 1 saturated heterocycles. The monoisotopic (exact) mass is 504 g/mol. The van der Waals surface area contributed by atoms with Crippen LogP contribution < -0.4 is 5.46 Å². The molecule has 4 nitrogen and oxygen atoms in total. The molecule has 0 atom stereocenters. The lowest BCUT2D eigenvalue weighted by Gasteiger charge is -2.36. The molecule has 0 N–H and O–H groups in total. The third-order valence-corrected chi connectivity index (χ3v) is 7.44. The Morgan fingerprint density at radius 1 is 0.676 bits per heavy atom. The molecule has 190 valence electrons. The summed E-state index contributed by atoms with van der Waals surface area (Å²) in [5.74, 6) is 0. The summed E-state index contributed by atoms with van der Waals surface area (Å²) in [5, 5.41) is 4.25. The lowest BCUT2D eigenvalue weighted by molar-refractivity contribution is -0.140. The zero-order valence-corrected chi connectivity index (χ0v) is 21.2. The predicted molar refractivity (Wildman–Crippen MR) is 138 cm³/mol. The number of benzene rings is 3. The van der Waals surface area contributed by atoms with Gasteiger partial charge in [-0.05, 0) is 44.4 Å². The van der Waals surface area contributed by atoms with Gasteiger partial charge in [-0.3, -0.25) is 4.68 Å². The first-order valence-corrected chi connectivity index (χ1v) is 12.2. The van der Waals surface area contributed by atoms with E-state index in [1.54, 1.807) is 0 Å². The van der Waals surface area contributed by atoms with Crippen LogP contribution in [-0.2, 0) is 21.0 Å². The van der Waals surface area contributed by atoms with Gasteiger partial charge in [-0.15, -0.1) is 0 Å². The van der Waals surface area contributed by atoms with Crippen molar-refractivity contribution in [2.45, 2.75) is 50.6 Å². The van der Waals surface area contributed by atoms with Crippen molar-refractivity contribution in [2.24, 2.45) is 0 Å². The summed E-state index contributed by atoms with van der Waals surface area (Å²) in [4.78, 5) is 0. The number of aromatic nitrogens is 2. The molecule has 37 heavy (non-hydrogen) atoms. The van der Waals surface area contributed by atoms with Gasteiger partial charge in [-0.1, -0.05) is 91.0 Å². The Hall–Kier alpha value is -3.36. The molecule has 0 aliphatic carbocycles. The summed E-state index contributed by atoms with van der Waals surface area (Å²) in [7, 11) is -1.23. The SMILES string of the molecule is CC1(C)OB(c2cn(C(c3ccccc3)(c3ccccc3)c3ccccc3)nc2C(F)(F)F)OC1(C)C. The maximum absolute atomic E-state index is 14.5. The molecule has 1 aromatic heterocycles. The second-order valence-corrected chi connectivity index (χ2v) is 10.3. The van der Waals surface area contributed by atoms with Gasteiger partial charge in [-0.2, -0.15) is 18.3 Å². The standard InChI is InChI=1S/C29H28BF3N2O2/c1-26(2)27(3,4)37-30(36-26)24-20-35(34-25(24)29(31,32)33)28(21-14-8-5-9-15-21,22-16-10-6-11-17-22)23-18-12-7-13-19-23/h5-20H,1-4H3. The first-order chi connectivity index (χ1) is 17.5. The fourth-order valence-corrected chi connectivity index (χ4v) is 4.86. The van der Waals surface area contributed by atoms with E-state index in [0.29, 0.717) is 0 Å². The topological polar surface area (TPSA) is 36.3 Å². The summed E-state index contributed by atoms with van der Waals surface area (Å²) in [5.41, 5.74) is -1.68. The number of alkyl halides is 3. The highest BCUT2D eigenvalue weighted by atomic mass is 19.4. The van der Waals surface area contributed by atoms with E-state index in [2.05, 4.69) is 5.10 Å². The molecule has 4 aromatic rings. The van der Waals surface area contributed by atoms with Crippen LogP contribution in [0.4, 0.5) is 13.2 Å². The van der Waals surface area contributed by atoms with Crippen molar-refractivity contribution in [2.75, 3.05) is 0 Å². The van der Waals surface area contributed by atoms with Gasteiger partial charge in [0.25, 0.3) is 0 Å².